The molecule has 1 aliphatic heterocycles. The molecule has 1 saturated carbocycles. The average Bonchev–Trinajstić information content (AvgIpc) is 3.33. The van der Waals surface area contributed by atoms with Crippen LogP contribution in [0.25, 0.3) is 11.5 Å². The second-order valence-electron chi connectivity index (χ2n) is 9.62. The van der Waals surface area contributed by atoms with Gasteiger partial charge in [0, 0.05) is 18.7 Å². The molecule has 3 heterocycles. The average molecular weight is 427 g/mol. The van der Waals surface area contributed by atoms with E-state index in [2.05, 4.69) is 24.3 Å². The van der Waals surface area contributed by atoms with Gasteiger partial charge in [0.1, 0.15) is 16.9 Å². The molecule has 2 aromatic heterocycles. The number of carbonyl (C=O) groups is 2. The van der Waals surface area contributed by atoms with Crippen LogP contribution in [-0.2, 0) is 11.3 Å². The van der Waals surface area contributed by atoms with Crippen LogP contribution in [0.4, 0.5) is 0 Å². The summed E-state index contributed by atoms with van der Waals surface area (Å²) in [4.78, 5) is 28.9. The maximum atomic E-state index is 13.6. The quantitative estimate of drug-likeness (QED) is 0.701. The second-order valence-corrected chi connectivity index (χ2v) is 9.62. The lowest BCUT2D eigenvalue weighted by atomic mass is 9.93. The minimum absolute atomic E-state index is 0.0720. The molecular formula is C24H34N4O3. The molecule has 168 valence electrons. The van der Waals surface area contributed by atoms with Crippen molar-refractivity contribution >= 4 is 11.8 Å². The van der Waals surface area contributed by atoms with Crippen molar-refractivity contribution in [1.29, 1.82) is 0 Å². The van der Waals surface area contributed by atoms with Crippen LogP contribution in [-0.4, -0.2) is 44.6 Å². The van der Waals surface area contributed by atoms with Gasteiger partial charge in [0.05, 0.1) is 12.8 Å². The van der Waals surface area contributed by atoms with Crippen molar-refractivity contribution in [1.82, 2.24) is 20.0 Å². The number of rotatable bonds is 6. The summed E-state index contributed by atoms with van der Waals surface area (Å²) in [5.74, 6) is 0.841. The van der Waals surface area contributed by atoms with Gasteiger partial charge in [-0.3, -0.25) is 14.3 Å². The summed E-state index contributed by atoms with van der Waals surface area (Å²) in [6.07, 6.45) is 9.21. The lowest BCUT2D eigenvalue weighted by Gasteiger charge is -2.44. The zero-order valence-corrected chi connectivity index (χ0v) is 18.9. The largest absolute Gasteiger partial charge is 0.463 e. The van der Waals surface area contributed by atoms with Gasteiger partial charge in [-0.15, -0.1) is 0 Å². The molecule has 2 aliphatic rings. The Hall–Kier alpha value is -2.57. The molecule has 2 aromatic rings. The summed E-state index contributed by atoms with van der Waals surface area (Å²) in [5, 5.41) is 7.89. The summed E-state index contributed by atoms with van der Waals surface area (Å²) in [6.45, 7) is 7.04. The standard InChI is InChI=1S/C24H34N4O3/c1-17(2)12-13-27-22(29)20-15-19(21-11-8-14-31-21)26-28(20)16-24(27,3)23(30)25-18-9-6-4-5-7-10-18/h8,11,14-15,17-18H,4-7,9-10,12-13,16H2,1-3H3,(H,25,30)/t24-/m0/s1. The van der Waals surface area contributed by atoms with Crippen molar-refractivity contribution in [3.8, 4) is 11.5 Å². The molecule has 2 amide bonds. The number of nitrogens with one attached hydrogen (secondary N) is 1. The molecule has 1 N–H and O–H groups in total. The van der Waals surface area contributed by atoms with Gasteiger partial charge in [0.15, 0.2) is 5.76 Å². The Balaban J connectivity index is 1.63. The van der Waals surface area contributed by atoms with Crippen molar-refractivity contribution in [3.05, 3.63) is 30.2 Å². The monoisotopic (exact) mass is 426 g/mol. The van der Waals surface area contributed by atoms with Crippen molar-refractivity contribution < 1.29 is 14.0 Å². The van der Waals surface area contributed by atoms with Gasteiger partial charge in [0.2, 0.25) is 5.91 Å². The van der Waals surface area contributed by atoms with Gasteiger partial charge in [-0.1, -0.05) is 39.5 Å². The van der Waals surface area contributed by atoms with E-state index in [1.807, 2.05) is 13.0 Å². The number of nitrogens with zero attached hydrogens (tertiary/aromatic N) is 3. The Bertz CT molecular complexity index is 909. The van der Waals surface area contributed by atoms with Crippen LogP contribution in [0, 0.1) is 5.92 Å². The lowest BCUT2D eigenvalue weighted by Crippen LogP contribution is -2.65. The molecule has 0 radical (unpaired) electrons. The zero-order chi connectivity index (χ0) is 22.0. The molecule has 7 nitrogen and oxygen atoms in total. The minimum atomic E-state index is -0.974. The smallest absolute Gasteiger partial charge is 0.273 e. The maximum Gasteiger partial charge on any atom is 0.273 e. The molecule has 0 aromatic carbocycles. The van der Waals surface area contributed by atoms with E-state index in [0.717, 1.165) is 32.1 Å². The predicted molar refractivity (Wildman–Crippen MR) is 118 cm³/mol. The third-order valence-electron chi connectivity index (χ3n) is 6.68. The van der Waals surface area contributed by atoms with Crippen molar-refractivity contribution in [3.63, 3.8) is 0 Å². The predicted octanol–water partition coefficient (Wildman–Crippen LogP) is 4.24. The highest BCUT2D eigenvalue weighted by molar-refractivity contribution is 6.00. The van der Waals surface area contributed by atoms with E-state index in [1.54, 1.807) is 28.0 Å². The first-order valence-corrected chi connectivity index (χ1v) is 11.6. The summed E-state index contributed by atoms with van der Waals surface area (Å²) in [7, 11) is 0. The molecule has 0 spiro atoms. The number of carbonyl (C=O) groups excluding carboxylic acids is 2. The van der Waals surface area contributed by atoms with E-state index in [0.29, 0.717) is 36.2 Å². The van der Waals surface area contributed by atoms with E-state index in [-0.39, 0.29) is 17.9 Å². The van der Waals surface area contributed by atoms with Gasteiger partial charge in [-0.05, 0) is 44.2 Å². The highest BCUT2D eigenvalue weighted by atomic mass is 16.3. The molecule has 4 rings (SSSR count). The lowest BCUT2D eigenvalue weighted by molar-refractivity contribution is -0.134. The summed E-state index contributed by atoms with van der Waals surface area (Å²) < 4.78 is 7.15. The van der Waals surface area contributed by atoms with Gasteiger partial charge >= 0.3 is 0 Å². The number of amides is 2. The van der Waals surface area contributed by atoms with Crippen LogP contribution in [0.5, 0.6) is 0 Å². The fourth-order valence-electron chi connectivity index (χ4n) is 4.69. The SMILES string of the molecule is CC(C)CCN1C(=O)c2cc(-c3ccco3)nn2C[C@@]1(C)C(=O)NC1CCCCCC1. The maximum absolute atomic E-state index is 13.6. The fourth-order valence-corrected chi connectivity index (χ4v) is 4.69. The highest BCUT2D eigenvalue weighted by Crippen LogP contribution is 2.31. The Kier molecular flexibility index (Phi) is 6.21. The number of aromatic nitrogens is 2. The summed E-state index contributed by atoms with van der Waals surface area (Å²) >= 11 is 0. The summed E-state index contributed by atoms with van der Waals surface area (Å²) in [5.41, 5.74) is 0.151. The first-order chi connectivity index (χ1) is 14.9. The number of fused-ring (bicyclic) bond motifs is 1. The van der Waals surface area contributed by atoms with Gasteiger partial charge in [0.25, 0.3) is 5.91 Å². The first kappa shape index (κ1) is 21.7. The molecule has 1 fully saturated rings. The Morgan fingerprint density at radius 2 is 2.03 bits per heavy atom. The molecule has 0 unspecified atom stereocenters. The molecule has 31 heavy (non-hydrogen) atoms. The second kappa shape index (κ2) is 8.89. The van der Waals surface area contributed by atoms with Crippen molar-refractivity contribution in [2.24, 2.45) is 5.92 Å². The number of hydrogen-bond acceptors (Lipinski definition) is 4. The van der Waals surface area contributed by atoms with Gasteiger partial charge in [-0.2, -0.15) is 5.10 Å². The molecule has 1 atom stereocenters. The third kappa shape index (κ3) is 4.41. The number of hydrogen-bond donors (Lipinski definition) is 1. The van der Waals surface area contributed by atoms with E-state index in [9.17, 15) is 9.59 Å². The van der Waals surface area contributed by atoms with Crippen LogP contribution in [0.1, 0.15) is 76.2 Å². The molecule has 7 heteroatoms. The highest BCUT2D eigenvalue weighted by Gasteiger charge is 2.48. The normalized spacial score (nSPS) is 22.5. The van der Waals surface area contributed by atoms with Gasteiger partial charge in [-0.25, -0.2) is 0 Å². The van der Waals surface area contributed by atoms with E-state index in [1.165, 1.54) is 12.8 Å². The molecule has 1 aliphatic carbocycles. The fraction of sp³-hybridized carbons (Fsp3) is 0.625. The van der Waals surface area contributed by atoms with Gasteiger partial charge < -0.3 is 14.6 Å². The zero-order valence-electron chi connectivity index (χ0n) is 18.9. The molecule has 0 bridgehead atoms. The van der Waals surface area contributed by atoms with Crippen LogP contribution >= 0.6 is 0 Å². The van der Waals surface area contributed by atoms with Crippen LogP contribution in [0.15, 0.2) is 28.9 Å². The Morgan fingerprint density at radius 1 is 1.29 bits per heavy atom. The van der Waals surface area contributed by atoms with Crippen LogP contribution in [0.3, 0.4) is 0 Å². The summed E-state index contributed by atoms with van der Waals surface area (Å²) in [6, 6.07) is 5.58. The first-order valence-electron chi connectivity index (χ1n) is 11.6. The van der Waals surface area contributed by atoms with Crippen LogP contribution in [0.2, 0.25) is 0 Å². The van der Waals surface area contributed by atoms with Crippen molar-refractivity contribution in [2.75, 3.05) is 6.54 Å². The third-order valence-corrected chi connectivity index (χ3v) is 6.68. The van der Waals surface area contributed by atoms with E-state index in [4.69, 9.17) is 4.42 Å². The molecular weight excluding hydrogens is 392 g/mol. The Morgan fingerprint density at radius 3 is 2.68 bits per heavy atom. The van der Waals surface area contributed by atoms with E-state index < -0.39 is 5.54 Å². The molecule has 0 saturated heterocycles. The minimum Gasteiger partial charge on any atom is -0.463 e. The van der Waals surface area contributed by atoms with Crippen molar-refractivity contribution in [2.45, 2.75) is 83.8 Å². The van der Waals surface area contributed by atoms with Crippen LogP contribution < -0.4 is 5.32 Å². The Labute approximate surface area is 184 Å². The van der Waals surface area contributed by atoms with E-state index >= 15 is 0 Å². The number of furan rings is 1. The topological polar surface area (TPSA) is 80.4 Å².